The number of nitrogens with one attached hydrogen (secondary N) is 2. The van der Waals surface area contributed by atoms with E-state index in [0.717, 1.165) is 11.8 Å². The number of nitrogens with zero attached hydrogens (tertiary/aromatic N) is 3. The van der Waals surface area contributed by atoms with Crippen LogP contribution in [0.3, 0.4) is 0 Å². The molecule has 0 aliphatic heterocycles. The van der Waals surface area contributed by atoms with E-state index in [0.29, 0.717) is 5.92 Å². The molecule has 0 fully saturated rings. The normalized spacial score (nSPS) is 11.1. The van der Waals surface area contributed by atoms with Crippen molar-refractivity contribution in [1.29, 1.82) is 0 Å². The van der Waals surface area contributed by atoms with Crippen molar-refractivity contribution in [3.05, 3.63) is 51.9 Å². The largest absolute Gasteiger partial charge is 0.289 e. The van der Waals surface area contributed by atoms with E-state index in [4.69, 9.17) is 0 Å². The molecule has 1 aromatic heterocycles. The lowest BCUT2D eigenvalue weighted by Crippen LogP contribution is -2.10. The van der Waals surface area contributed by atoms with Gasteiger partial charge in [-0.1, -0.05) is 38.1 Å². The summed E-state index contributed by atoms with van der Waals surface area (Å²) in [7, 11) is 0. The van der Waals surface area contributed by atoms with Gasteiger partial charge in [0.25, 0.3) is 5.56 Å². The third-order valence-electron chi connectivity index (χ3n) is 2.56. The van der Waals surface area contributed by atoms with Gasteiger partial charge >= 0.3 is 0 Å². The second-order valence-corrected chi connectivity index (χ2v) is 4.37. The minimum atomic E-state index is -0.325. The summed E-state index contributed by atoms with van der Waals surface area (Å²) in [6.07, 6.45) is 2.75. The standard InChI is InChI=1S/C13H15N5O/c1-9(2)11-5-3-10(4-6-11)7-14-17-13-16-12(19)8-15-18-13/h3-9H,1-2H3,(H2,16,17,18,19)/b14-7-. The number of rotatable bonds is 4. The summed E-state index contributed by atoms with van der Waals surface area (Å²) in [6.45, 7) is 4.30. The number of aromatic nitrogens is 3. The van der Waals surface area contributed by atoms with E-state index in [1.165, 1.54) is 5.56 Å². The van der Waals surface area contributed by atoms with Crippen LogP contribution in [0.1, 0.15) is 30.9 Å². The highest BCUT2D eigenvalue weighted by molar-refractivity contribution is 5.80. The van der Waals surface area contributed by atoms with Gasteiger partial charge in [0.15, 0.2) is 0 Å². The third kappa shape index (κ3) is 3.74. The van der Waals surface area contributed by atoms with Gasteiger partial charge in [0.2, 0.25) is 5.95 Å². The zero-order valence-electron chi connectivity index (χ0n) is 10.8. The third-order valence-corrected chi connectivity index (χ3v) is 2.56. The maximum Gasteiger partial charge on any atom is 0.271 e. The highest BCUT2D eigenvalue weighted by Gasteiger charge is 1.97. The van der Waals surface area contributed by atoms with Gasteiger partial charge in [-0.3, -0.25) is 9.78 Å². The number of H-pyrrole nitrogens is 1. The van der Waals surface area contributed by atoms with E-state index in [2.05, 4.69) is 51.7 Å². The maximum atomic E-state index is 11.0. The second kappa shape index (κ2) is 5.90. The summed E-state index contributed by atoms with van der Waals surface area (Å²) in [5.41, 5.74) is 4.53. The van der Waals surface area contributed by atoms with Crippen molar-refractivity contribution in [2.75, 3.05) is 5.43 Å². The first-order chi connectivity index (χ1) is 9.15. The van der Waals surface area contributed by atoms with Crippen LogP contribution in [0.15, 0.2) is 40.4 Å². The van der Waals surface area contributed by atoms with Crippen molar-refractivity contribution in [2.45, 2.75) is 19.8 Å². The van der Waals surface area contributed by atoms with Gasteiger partial charge in [0.1, 0.15) is 6.20 Å². The molecule has 1 aromatic carbocycles. The summed E-state index contributed by atoms with van der Waals surface area (Å²) in [6, 6.07) is 8.10. The molecule has 0 unspecified atom stereocenters. The molecule has 19 heavy (non-hydrogen) atoms. The molecule has 2 rings (SSSR count). The number of aromatic amines is 1. The Kier molecular flexibility index (Phi) is 4.02. The zero-order chi connectivity index (χ0) is 13.7. The van der Waals surface area contributed by atoms with Crippen LogP contribution in [0.4, 0.5) is 5.95 Å². The molecule has 0 saturated heterocycles. The molecule has 2 aromatic rings. The zero-order valence-corrected chi connectivity index (χ0v) is 10.8. The molecule has 6 heteroatoms. The van der Waals surface area contributed by atoms with Crippen LogP contribution in [0, 0.1) is 0 Å². The monoisotopic (exact) mass is 257 g/mol. The Morgan fingerprint density at radius 3 is 2.68 bits per heavy atom. The SMILES string of the molecule is CC(C)c1ccc(/C=N\Nc2nncc(=O)[nH]2)cc1. The molecule has 6 nitrogen and oxygen atoms in total. The minimum Gasteiger partial charge on any atom is -0.289 e. The van der Waals surface area contributed by atoms with Crippen LogP contribution in [0.5, 0.6) is 0 Å². The fourth-order valence-electron chi connectivity index (χ4n) is 1.50. The van der Waals surface area contributed by atoms with E-state index < -0.39 is 0 Å². The average molecular weight is 257 g/mol. The topological polar surface area (TPSA) is 83.0 Å². The average Bonchev–Trinajstić information content (AvgIpc) is 2.39. The van der Waals surface area contributed by atoms with Crippen molar-refractivity contribution in [3.63, 3.8) is 0 Å². The van der Waals surface area contributed by atoms with Crippen LogP contribution in [-0.2, 0) is 0 Å². The van der Waals surface area contributed by atoms with Crippen LogP contribution in [-0.4, -0.2) is 21.4 Å². The van der Waals surface area contributed by atoms with Crippen LogP contribution in [0.2, 0.25) is 0 Å². The van der Waals surface area contributed by atoms with Crippen molar-refractivity contribution in [3.8, 4) is 0 Å². The fraction of sp³-hybridized carbons (Fsp3) is 0.231. The molecular weight excluding hydrogens is 242 g/mol. The van der Waals surface area contributed by atoms with Gasteiger partial charge in [-0.15, -0.1) is 10.2 Å². The molecule has 0 aliphatic carbocycles. The Bertz CT molecular complexity index is 615. The molecule has 0 saturated carbocycles. The summed E-state index contributed by atoms with van der Waals surface area (Å²) >= 11 is 0. The quantitative estimate of drug-likeness (QED) is 0.645. The smallest absolute Gasteiger partial charge is 0.271 e. The number of hydrazone groups is 1. The number of benzene rings is 1. The molecule has 2 N–H and O–H groups in total. The molecule has 0 amide bonds. The van der Waals surface area contributed by atoms with Gasteiger partial charge in [0.05, 0.1) is 6.21 Å². The van der Waals surface area contributed by atoms with Crippen molar-refractivity contribution >= 4 is 12.2 Å². The van der Waals surface area contributed by atoms with Gasteiger partial charge in [-0.2, -0.15) is 5.10 Å². The Labute approximate surface area is 110 Å². The Balaban J connectivity index is 2.01. The molecule has 0 bridgehead atoms. The van der Waals surface area contributed by atoms with Crippen LogP contribution >= 0.6 is 0 Å². The number of hydrogen-bond donors (Lipinski definition) is 2. The lowest BCUT2D eigenvalue weighted by Gasteiger charge is -2.04. The van der Waals surface area contributed by atoms with Crippen LogP contribution < -0.4 is 11.0 Å². The highest BCUT2D eigenvalue weighted by Crippen LogP contribution is 2.13. The number of hydrogen-bond acceptors (Lipinski definition) is 5. The molecule has 0 radical (unpaired) electrons. The van der Waals surface area contributed by atoms with Gasteiger partial charge in [0, 0.05) is 0 Å². The highest BCUT2D eigenvalue weighted by atomic mass is 16.1. The maximum absolute atomic E-state index is 11.0. The van der Waals surface area contributed by atoms with E-state index in [1.54, 1.807) is 6.21 Å². The molecular formula is C13H15N5O. The van der Waals surface area contributed by atoms with Crippen molar-refractivity contribution < 1.29 is 0 Å². The van der Waals surface area contributed by atoms with E-state index in [9.17, 15) is 4.79 Å². The van der Waals surface area contributed by atoms with Crippen molar-refractivity contribution in [1.82, 2.24) is 15.2 Å². The summed E-state index contributed by atoms with van der Waals surface area (Å²) in [4.78, 5) is 13.4. The molecule has 0 aliphatic rings. The first kappa shape index (κ1) is 12.9. The predicted octanol–water partition coefficient (Wildman–Crippen LogP) is 1.73. The first-order valence-corrected chi connectivity index (χ1v) is 5.96. The van der Waals surface area contributed by atoms with Gasteiger partial charge in [-0.25, -0.2) is 5.43 Å². The predicted molar refractivity (Wildman–Crippen MR) is 74.4 cm³/mol. The molecule has 0 atom stereocenters. The first-order valence-electron chi connectivity index (χ1n) is 5.96. The van der Waals surface area contributed by atoms with E-state index in [-0.39, 0.29) is 11.5 Å². The Morgan fingerprint density at radius 2 is 2.05 bits per heavy atom. The van der Waals surface area contributed by atoms with E-state index >= 15 is 0 Å². The fourth-order valence-corrected chi connectivity index (χ4v) is 1.50. The number of anilines is 1. The summed E-state index contributed by atoms with van der Waals surface area (Å²) < 4.78 is 0. The summed E-state index contributed by atoms with van der Waals surface area (Å²) in [5, 5.41) is 11.2. The van der Waals surface area contributed by atoms with Gasteiger partial charge < -0.3 is 0 Å². The Morgan fingerprint density at radius 1 is 1.32 bits per heavy atom. The lowest BCUT2D eigenvalue weighted by atomic mass is 10.0. The van der Waals surface area contributed by atoms with Gasteiger partial charge in [-0.05, 0) is 17.0 Å². The minimum absolute atomic E-state index is 0.211. The second-order valence-electron chi connectivity index (χ2n) is 4.37. The lowest BCUT2D eigenvalue weighted by molar-refractivity contribution is 0.866. The molecule has 98 valence electrons. The van der Waals surface area contributed by atoms with E-state index in [1.807, 2.05) is 12.1 Å². The Hall–Kier alpha value is -2.50. The van der Waals surface area contributed by atoms with Crippen molar-refractivity contribution in [2.24, 2.45) is 5.10 Å². The van der Waals surface area contributed by atoms with Crippen LogP contribution in [0.25, 0.3) is 0 Å². The molecule has 0 spiro atoms. The summed E-state index contributed by atoms with van der Waals surface area (Å²) in [5.74, 6) is 0.719. The molecule has 1 heterocycles.